The van der Waals surface area contributed by atoms with E-state index in [2.05, 4.69) is 20.6 Å². The Morgan fingerprint density at radius 3 is 2.59 bits per heavy atom. The Balaban J connectivity index is 1.55. The molecule has 168 valence electrons. The summed E-state index contributed by atoms with van der Waals surface area (Å²) < 4.78 is 4.96. The summed E-state index contributed by atoms with van der Waals surface area (Å²) in [7, 11) is 0. The van der Waals surface area contributed by atoms with Gasteiger partial charge in [-0.1, -0.05) is 0 Å². The zero-order valence-electron chi connectivity index (χ0n) is 17.9. The van der Waals surface area contributed by atoms with E-state index >= 15 is 0 Å². The summed E-state index contributed by atoms with van der Waals surface area (Å²) in [5.74, 6) is -1.02. The highest BCUT2D eigenvalue weighted by atomic mass is 16.5. The molecular weight excluding hydrogens is 412 g/mol. The number of hydrogen-bond donors (Lipinski definition) is 3. The summed E-state index contributed by atoms with van der Waals surface area (Å²) in [6.07, 6.45) is 3.20. The van der Waals surface area contributed by atoms with E-state index in [1.54, 1.807) is 31.2 Å². The van der Waals surface area contributed by atoms with Crippen molar-refractivity contribution in [2.45, 2.75) is 38.5 Å². The summed E-state index contributed by atoms with van der Waals surface area (Å²) in [4.78, 5) is 48.1. The number of piperidine rings is 1. The van der Waals surface area contributed by atoms with Gasteiger partial charge in [0.2, 0.25) is 17.8 Å². The van der Waals surface area contributed by atoms with Gasteiger partial charge in [-0.25, -0.2) is 4.79 Å². The number of nitrogens with zero attached hydrogens (tertiary/aromatic N) is 3. The van der Waals surface area contributed by atoms with E-state index in [4.69, 9.17) is 10.5 Å². The van der Waals surface area contributed by atoms with E-state index in [1.165, 1.54) is 0 Å². The molecule has 32 heavy (non-hydrogen) atoms. The molecule has 1 aromatic heterocycles. The molecule has 10 heteroatoms. The fourth-order valence-corrected chi connectivity index (χ4v) is 3.98. The van der Waals surface area contributed by atoms with Crippen molar-refractivity contribution in [1.29, 1.82) is 0 Å². The molecule has 3 heterocycles. The number of nitrogen functional groups attached to an aromatic ring is 1. The number of fused-ring (bicyclic) bond motifs is 1. The second-order valence-corrected chi connectivity index (χ2v) is 7.81. The van der Waals surface area contributed by atoms with Gasteiger partial charge in [0.1, 0.15) is 11.6 Å². The maximum absolute atomic E-state index is 13.0. The van der Waals surface area contributed by atoms with Crippen LogP contribution in [0.3, 0.4) is 0 Å². The minimum Gasteiger partial charge on any atom is -0.462 e. The first-order valence-corrected chi connectivity index (χ1v) is 10.8. The second-order valence-electron chi connectivity index (χ2n) is 7.81. The largest absolute Gasteiger partial charge is 0.462 e. The number of carbonyl (C=O) groups excluding carboxylic acids is 3. The van der Waals surface area contributed by atoms with E-state index in [1.807, 2.05) is 4.90 Å². The van der Waals surface area contributed by atoms with E-state index in [0.29, 0.717) is 22.8 Å². The third-order valence-electron chi connectivity index (χ3n) is 5.58. The SMILES string of the molecule is CCOC(=O)c1ccc(NC(=O)[C@@H]2CC(=O)Nc3nc(N4CCCCC4)nc(N)c32)cc1. The summed E-state index contributed by atoms with van der Waals surface area (Å²) in [6.45, 7) is 3.68. The lowest BCUT2D eigenvalue weighted by Gasteiger charge is -2.30. The van der Waals surface area contributed by atoms with Gasteiger partial charge in [0.15, 0.2) is 0 Å². The molecule has 2 aliphatic rings. The molecule has 4 rings (SSSR count). The number of nitrogens with two attached hydrogens (primary N) is 1. The Morgan fingerprint density at radius 1 is 1.19 bits per heavy atom. The fraction of sp³-hybridized carbons (Fsp3) is 0.409. The normalized spacial score (nSPS) is 17.8. The molecule has 1 atom stereocenters. The minimum absolute atomic E-state index is 0.0592. The minimum atomic E-state index is -0.820. The monoisotopic (exact) mass is 438 g/mol. The molecule has 1 fully saturated rings. The lowest BCUT2D eigenvalue weighted by atomic mass is 9.91. The Morgan fingerprint density at radius 2 is 1.91 bits per heavy atom. The lowest BCUT2D eigenvalue weighted by molar-refractivity contribution is -0.123. The topological polar surface area (TPSA) is 140 Å². The summed E-state index contributed by atoms with van der Waals surface area (Å²) in [5, 5.41) is 5.52. The van der Waals surface area contributed by atoms with Crippen LogP contribution in [0, 0.1) is 0 Å². The van der Waals surface area contributed by atoms with Gasteiger partial charge >= 0.3 is 5.97 Å². The van der Waals surface area contributed by atoms with Gasteiger partial charge in [-0.3, -0.25) is 9.59 Å². The fourth-order valence-electron chi connectivity index (χ4n) is 3.98. The summed E-state index contributed by atoms with van der Waals surface area (Å²) in [6, 6.07) is 6.34. The van der Waals surface area contributed by atoms with Gasteiger partial charge in [0.25, 0.3) is 0 Å². The number of aromatic nitrogens is 2. The Labute approximate surface area is 185 Å². The van der Waals surface area contributed by atoms with Gasteiger partial charge in [-0.2, -0.15) is 9.97 Å². The molecular formula is C22H26N6O4. The predicted molar refractivity (Wildman–Crippen MR) is 120 cm³/mol. The average Bonchev–Trinajstić information content (AvgIpc) is 2.79. The van der Waals surface area contributed by atoms with Crippen LogP contribution in [0.4, 0.5) is 23.3 Å². The molecule has 4 N–H and O–H groups in total. The van der Waals surface area contributed by atoms with Crippen LogP contribution in [0.2, 0.25) is 0 Å². The zero-order chi connectivity index (χ0) is 22.7. The number of anilines is 4. The van der Waals surface area contributed by atoms with Crippen LogP contribution in [-0.4, -0.2) is 47.4 Å². The van der Waals surface area contributed by atoms with Crippen LogP contribution in [0.1, 0.15) is 54.4 Å². The Bertz CT molecular complexity index is 1030. The van der Waals surface area contributed by atoms with Crippen molar-refractivity contribution in [3.05, 3.63) is 35.4 Å². The highest BCUT2D eigenvalue weighted by molar-refractivity contribution is 6.05. The highest BCUT2D eigenvalue weighted by Gasteiger charge is 2.35. The molecule has 0 unspecified atom stereocenters. The average molecular weight is 438 g/mol. The van der Waals surface area contributed by atoms with Crippen molar-refractivity contribution < 1.29 is 19.1 Å². The lowest BCUT2D eigenvalue weighted by Crippen LogP contribution is -2.35. The number of nitrogens with one attached hydrogen (secondary N) is 2. The zero-order valence-corrected chi connectivity index (χ0v) is 17.9. The van der Waals surface area contributed by atoms with Gasteiger partial charge in [0.05, 0.1) is 23.7 Å². The highest BCUT2D eigenvalue weighted by Crippen LogP contribution is 2.36. The van der Waals surface area contributed by atoms with Crippen LogP contribution in [-0.2, 0) is 14.3 Å². The van der Waals surface area contributed by atoms with Crippen molar-refractivity contribution >= 4 is 41.1 Å². The number of hydrogen-bond acceptors (Lipinski definition) is 8. The quantitative estimate of drug-likeness (QED) is 0.604. The predicted octanol–water partition coefficient (Wildman–Crippen LogP) is 2.29. The smallest absolute Gasteiger partial charge is 0.338 e. The molecule has 0 bridgehead atoms. The summed E-state index contributed by atoms with van der Waals surface area (Å²) >= 11 is 0. The molecule has 0 spiro atoms. The van der Waals surface area contributed by atoms with Crippen molar-refractivity contribution in [3.63, 3.8) is 0 Å². The van der Waals surface area contributed by atoms with E-state index in [-0.39, 0.29) is 30.6 Å². The van der Waals surface area contributed by atoms with Crippen molar-refractivity contribution in [1.82, 2.24) is 9.97 Å². The van der Waals surface area contributed by atoms with Crippen LogP contribution >= 0.6 is 0 Å². The number of ether oxygens (including phenoxy) is 1. The molecule has 10 nitrogen and oxygen atoms in total. The van der Waals surface area contributed by atoms with Crippen LogP contribution in [0.15, 0.2) is 24.3 Å². The third kappa shape index (κ3) is 4.48. The van der Waals surface area contributed by atoms with Crippen molar-refractivity contribution in [3.8, 4) is 0 Å². The number of carbonyl (C=O) groups is 3. The van der Waals surface area contributed by atoms with Crippen LogP contribution in [0.5, 0.6) is 0 Å². The third-order valence-corrected chi connectivity index (χ3v) is 5.58. The van der Waals surface area contributed by atoms with E-state index in [9.17, 15) is 14.4 Å². The molecule has 0 saturated carbocycles. The van der Waals surface area contributed by atoms with E-state index in [0.717, 1.165) is 32.4 Å². The molecule has 1 aromatic carbocycles. The summed E-state index contributed by atoms with van der Waals surface area (Å²) in [5.41, 5.74) is 7.53. The molecule has 1 saturated heterocycles. The van der Waals surface area contributed by atoms with E-state index < -0.39 is 17.8 Å². The van der Waals surface area contributed by atoms with Gasteiger partial charge in [0, 0.05) is 25.2 Å². The molecule has 0 aliphatic carbocycles. The second kappa shape index (κ2) is 9.21. The number of benzene rings is 1. The molecule has 0 radical (unpaired) electrons. The standard InChI is InChI=1S/C22H26N6O4/c1-2-32-21(31)13-6-8-14(9-7-13)24-20(30)15-12-16(29)25-19-17(15)18(23)26-22(27-19)28-10-4-3-5-11-28/h6-9,15H,2-5,10-12H2,1H3,(H,24,30)(H3,23,25,26,27,29)/t15-/m1/s1. The van der Waals surface area contributed by atoms with Crippen LogP contribution < -0.4 is 21.3 Å². The van der Waals surface area contributed by atoms with Gasteiger partial charge < -0.3 is 26.0 Å². The van der Waals surface area contributed by atoms with Crippen LogP contribution in [0.25, 0.3) is 0 Å². The Kier molecular flexibility index (Phi) is 6.20. The Hall–Kier alpha value is -3.69. The van der Waals surface area contributed by atoms with Gasteiger partial charge in [-0.05, 0) is 50.5 Å². The number of rotatable bonds is 5. The number of esters is 1. The first kappa shape index (κ1) is 21.5. The molecule has 2 aliphatic heterocycles. The molecule has 2 aromatic rings. The first-order valence-electron chi connectivity index (χ1n) is 10.8. The number of amides is 2. The maximum Gasteiger partial charge on any atom is 0.338 e. The first-order chi connectivity index (χ1) is 15.5. The van der Waals surface area contributed by atoms with Crippen molar-refractivity contribution in [2.24, 2.45) is 0 Å². The molecule has 2 amide bonds. The van der Waals surface area contributed by atoms with Crippen molar-refractivity contribution in [2.75, 3.05) is 41.0 Å². The maximum atomic E-state index is 13.0. The van der Waals surface area contributed by atoms with Gasteiger partial charge in [-0.15, -0.1) is 0 Å².